The van der Waals surface area contributed by atoms with Gasteiger partial charge in [-0.15, -0.1) is 0 Å². The number of hydrogen-bond donors (Lipinski definition) is 1. The van der Waals surface area contributed by atoms with Gasteiger partial charge in [-0.05, 0) is 12.1 Å². The highest BCUT2D eigenvalue weighted by Crippen LogP contribution is 2.37. The molecular formula is C12H12F2N2O2. The number of likely N-dealkylation sites (N-methyl/N-ethyl adjacent to an activating group) is 1. The summed E-state index contributed by atoms with van der Waals surface area (Å²) < 4.78 is 32.5. The molecule has 2 aliphatic rings. The lowest BCUT2D eigenvalue weighted by Gasteiger charge is -2.27. The molecule has 0 aliphatic carbocycles. The van der Waals surface area contributed by atoms with Crippen molar-refractivity contribution in [2.75, 3.05) is 30.5 Å². The normalized spacial score (nSPS) is 26.4. The molecule has 2 unspecified atom stereocenters. The van der Waals surface area contributed by atoms with Crippen molar-refractivity contribution in [2.24, 2.45) is 5.92 Å². The van der Waals surface area contributed by atoms with Gasteiger partial charge in [-0.2, -0.15) is 0 Å². The molecule has 1 N–H and O–H groups in total. The second kappa shape index (κ2) is 3.91. The maximum Gasteiger partial charge on any atom is 0.232 e. The van der Waals surface area contributed by atoms with E-state index in [0.29, 0.717) is 18.9 Å². The molecule has 1 amide bonds. The lowest BCUT2D eigenvalue weighted by molar-refractivity contribution is -0.120. The molecule has 96 valence electrons. The number of nitrogens with one attached hydrogen (secondary N) is 1. The van der Waals surface area contributed by atoms with Crippen molar-refractivity contribution in [2.45, 2.75) is 6.04 Å². The van der Waals surface area contributed by atoms with Crippen LogP contribution in [0.5, 0.6) is 0 Å². The summed E-state index contributed by atoms with van der Waals surface area (Å²) in [7, 11) is 1.65. The van der Waals surface area contributed by atoms with Crippen molar-refractivity contribution in [3.8, 4) is 0 Å². The first-order valence-electron chi connectivity index (χ1n) is 5.69. The molecule has 0 radical (unpaired) electrons. The Morgan fingerprint density at radius 2 is 2.17 bits per heavy atom. The van der Waals surface area contributed by atoms with Gasteiger partial charge >= 0.3 is 0 Å². The van der Waals surface area contributed by atoms with Crippen molar-refractivity contribution in [3.05, 3.63) is 23.8 Å². The highest BCUT2D eigenvalue weighted by atomic mass is 19.2. The summed E-state index contributed by atoms with van der Waals surface area (Å²) in [5.41, 5.74) is 0.386. The zero-order chi connectivity index (χ0) is 12.9. The molecule has 2 aliphatic heterocycles. The molecule has 6 heteroatoms. The molecule has 3 rings (SSSR count). The van der Waals surface area contributed by atoms with Crippen LogP contribution in [0.15, 0.2) is 12.1 Å². The summed E-state index contributed by atoms with van der Waals surface area (Å²) in [6, 6.07) is 2.13. The van der Waals surface area contributed by atoms with E-state index in [-0.39, 0.29) is 23.6 Å². The number of carbonyl (C=O) groups is 1. The molecule has 0 spiro atoms. The van der Waals surface area contributed by atoms with Crippen LogP contribution >= 0.6 is 0 Å². The van der Waals surface area contributed by atoms with Crippen LogP contribution in [0.3, 0.4) is 0 Å². The Morgan fingerprint density at radius 3 is 2.94 bits per heavy atom. The van der Waals surface area contributed by atoms with E-state index < -0.39 is 11.6 Å². The topological polar surface area (TPSA) is 41.6 Å². The van der Waals surface area contributed by atoms with Crippen LogP contribution in [-0.4, -0.2) is 32.2 Å². The van der Waals surface area contributed by atoms with Gasteiger partial charge in [-0.1, -0.05) is 0 Å². The molecule has 0 aromatic heterocycles. The summed E-state index contributed by atoms with van der Waals surface area (Å²) in [4.78, 5) is 13.6. The smallest absolute Gasteiger partial charge is 0.232 e. The van der Waals surface area contributed by atoms with Gasteiger partial charge in [0.2, 0.25) is 5.91 Å². The number of anilines is 2. The van der Waals surface area contributed by atoms with Crippen molar-refractivity contribution in [1.82, 2.24) is 0 Å². The predicted molar refractivity (Wildman–Crippen MR) is 61.5 cm³/mol. The van der Waals surface area contributed by atoms with Crippen LogP contribution in [0.25, 0.3) is 0 Å². The molecule has 4 nitrogen and oxygen atoms in total. The van der Waals surface area contributed by atoms with Crippen molar-refractivity contribution in [1.29, 1.82) is 0 Å². The molecule has 1 fully saturated rings. The number of fused-ring (bicyclic) bond motifs is 2. The minimum absolute atomic E-state index is 0.0846. The summed E-state index contributed by atoms with van der Waals surface area (Å²) >= 11 is 0. The average molecular weight is 254 g/mol. The number of carbonyl (C=O) groups excluding carboxylic acids is 1. The molecule has 18 heavy (non-hydrogen) atoms. The minimum atomic E-state index is -0.942. The summed E-state index contributed by atoms with van der Waals surface area (Å²) in [5, 5.41) is 2.62. The largest absolute Gasteiger partial charge is 0.378 e. The maximum absolute atomic E-state index is 13.9. The van der Waals surface area contributed by atoms with E-state index in [2.05, 4.69) is 5.32 Å². The molecule has 2 heterocycles. The van der Waals surface area contributed by atoms with Crippen molar-refractivity contribution in [3.63, 3.8) is 0 Å². The second-order valence-corrected chi connectivity index (χ2v) is 4.57. The number of benzene rings is 1. The molecule has 0 bridgehead atoms. The SMILES string of the molecule is CN1c2c(ccc(F)c2F)NC(=O)C2COCC21. The molecule has 1 aromatic rings. The van der Waals surface area contributed by atoms with E-state index in [1.54, 1.807) is 11.9 Å². The number of halogens is 2. The van der Waals surface area contributed by atoms with E-state index >= 15 is 0 Å². The average Bonchev–Trinajstić information content (AvgIpc) is 2.79. The zero-order valence-electron chi connectivity index (χ0n) is 9.74. The van der Waals surface area contributed by atoms with Crippen LogP contribution in [0.2, 0.25) is 0 Å². The van der Waals surface area contributed by atoms with E-state index in [9.17, 15) is 13.6 Å². The van der Waals surface area contributed by atoms with Crippen LogP contribution in [0.1, 0.15) is 0 Å². The highest BCUT2D eigenvalue weighted by molar-refractivity contribution is 5.98. The first-order valence-corrected chi connectivity index (χ1v) is 5.69. The Balaban J connectivity index is 2.15. The lowest BCUT2D eigenvalue weighted by Crippen LogP contribution is -2.40. The molecular weight excluding hydrogens is 242 g/mol. The van der Waals surface area contributed by atoms with Gasteiger partial charge < -0.3 is 15.0 Å². The van der Waals surface area contributed by atoms with Crippen LogP contribution in [-0.2, 0) is 9.53 Å². The number of amides is 1. The highest BCUT2D eigenvalue weighted by Gasteiger charge is 2.41. The Morgan fingerprint density at radius 1 is 1.39 bits per heavy atom. The predicted octanol–water partition coefficient (Wildman–Crippen LogP) is 1.37. The Labute approximate surface area is 103 Å². The fraction of sp³-hybridized carbons (Fsp3) is 0.417. The first-order chi connectivity index (χ1) is 8.59. The Bertz CT molecular complexity index is 521. The number of hydrogen-bond acceptors (Lipinski definition) is 3. The van der Waals surface area contributed by atoms with Gasteiger partial charge in [0.25, 0.3) is 0 Å². The number of ether oxygens (including phenoxy) is 1. The van der Waals surface area contributed by atoms with E-state index in [0.717, 1.165) is 6.07 Å². The third-order valence-electron chi connectivity index (χ3n) is 3.56. The molecule has 0 saturated carbocycles. The first kappa shape index (κ1) is 11.4. The van der Waals surface area contributed by atoms with Crippen LogP contribution < -0.4 is 10.2 Å². The third kappa shape index (κ3) is 1.49. The van der Waals surface area contributed by atoms with Gasteiger partial charge in [-0.3, -0.25) is 4.79 Å². The van der Waals surface area contributed by atoms with E-state index in [1.807, 2.05) is 0 Å². The van der Waals surface area contributed by atoms with Gasteiger partial charge in [0.15, 0.2) is 11.6 Å². The van der Waals surface area contributed by atoms with E-state index in [1.165, 1.54) is 6.07 Å². The number of rotatable bonds is 0. The quantitative estimate of drug-likeness (QED) is 0.760. The van der Waals surface area contributed by atoms with E-state index in [4.69, 9.17) is 4.74 Å². The van der Waals surface area contributed by atoms with Crippen LogP contribution in [0.4, 0.5) is 20.2 Å². The zero-order valence-corrected chi connectivity index (χ0v) is 9.74. The monoisotopic (exact) mass is 254 g/mol. The van der Waals surface area contributed by atoms with Gasteiger partial charge in [0.1, 0.15) is 5.69 Å². The maximum atomic E-state index is 13.9. The molecule has 1 saturated heterocycles. The summed E-state index contributed by atoms with van der Waals surface area (Å²) in [5.74, 6) is -2.44. The number of nitrogens with zero attached hydrogens (tertiary/aromatic N) is 1. The Hall–Kier alpha value is -1.69. The fourth-order valence-electron chi connectivity index (χ4n) is 2.55. The third-order valence-corrected chi connectivity index (χ3v) is 3.56. The molecule has 1 aromatic carbocycles. The summed E-state index contributed by atoms with van der Waals surface area (Å²) in [6.07, 6.45) is 0. The molecule has 2 atom stereocenters. The van der Waals surface area contributed by atoms with Crippen molar-refractivity contribution >= 4 is 17.3 Å². The summed E-state index contributed by atoms with van der Waals surface area (Å²) in [6.45, 7) is 0.642. The second-order valence-electron chi connectivity index (χ2n) is 4.57. The van der Waals surface area contributed by atoms with Crippen molar-refractivity contribution < 1.29 is 18.3 Å². The lowest BCUT2D eigenvalue weighted by atomic mass is 10.0. The van der Waals surface area contributed by atoms with Gasteiger partial charge in [0, 0.05) is 7.05 Å². The van der Waals surface area contributed by atoms with Gasteiger partial charge in [-0.25, -0.2) is 8.78 Å². The standard InChI is InChI=1S/C12H12F2N2O2/c1-16-9-5-18-4-6(9)12(17)15-8-3-2-7(13)10(14)11(8)16/h2-3,6,9H,4-5H2,1H3,(H,15,17). The minimum Gasteiger partial charge on any atom is -0.378 e. The fourth-order valence-corrected chi connectivity index (χ4v) is 2.55. The Kier molecular flexibility index (Phi) is 2.48. The van der Waals surface area contributed by atoms with Crippen LogP contribution in [0, 0.1) is 17.6 Å². The van der Waals surface area contributed by atoms with Gasteiger partial charge in [0.05, 0.1) is 30.9 Å².